The number of benzene rings is 3. The van der Waals surface area contributed by atoms with Crippen LogP contribution in [0.4, 0.5) is 11.4 Å². The van der Waals surface area contributed by atoms with Gasteiger partial charge in [0, 0.05) is 16.9 Å². The summed E-state index contributed by atoms with van der Waals surface area (Å²) in [6.07, 6.45) is 0.228. The molecule has 1 aliphatic rings. The van der Waals surface area contributed by atoms with Crippen LogP contribution in [0.2, 0.25) is 0 Å². The first-order valence-electron chi connectivity index (χ1n) is 7.84. The molecule has 0 aliphatic carbocycles. The molecule has 1 fully saturated rings. The Morgan fingerprint density at radius 2 is 1.48 bits per heavy atom. The molecule has 4 rings (SSSR count). The predicted molar refractivity (Wildman–Crippen MR) is 96.0 cm³/mol. The minimum atomic E-state index is 0.228. The second-order valence-corrected chi connectivity index (χ2v) is 5.81. The van der Waals surface area contributed by atoms with Gasteiger partial charge in [-0.1, -0.05) is 66.7 Å². The van der Waals surface area contributed by atoms with E-state index in [0.29, 0.717) is 0 Å². The van der Waals surface area contributed by atoms with E-state index in [1.165, 1.54) is 0 Å². The van der Waals surface area contributed by atoms with Gasteiger partial charge in [0.15, 0.2) is 0 Å². The van der Waals surface area contributed by atoms with Gasteiger partial charge in [-0.25, -0.2) is 0 Å². The average molecular weight is 301 g/mol. The number of para-hydroxylation sites is 2. The summed E-state index contributed by atoms with van der Waals surface area (Å²) in [5.41, 5.74) is 11.8. The van der Waals surface area contributed by atoms with Crippen molar-refractivity contribution in [2.45, 2.75) is 12.2 Å². The molecule has 3 heteroatoms. The van der Waals surface area contributed by atoms with Crippen LogP contribution in [-0.2, 0) is 0 Å². The molecule has 3 aromatic rings. The van der Waals surface area contributed by atoms with Crippen molar-refractivity contribution < 1.29 is 0 Å². The molecule has 0 aromatic heterocycles. The number of nitrogens with one attached hydrogen (secondary N) is 2. The molecule has 23 heavy (non-hydrogen) atoms. The zero-order chi connectivity index (χ0) is 15.6. The predicted octanol–water partition coefficient (Wildman–Crippen LogP) is 4.02. The van der Waals surface area contributed by atoms with Crippen LogP contribution in [0.5, 0.6) is 0 Å². The highest BCUT2D eigenvalue weighted by Gasteiger charge is 2.39. The quantitative estimate of drug-likeness (QED) is 0.504. The number of hydrogen-bond donors (Lipinski definition) is 3. The Hall–Kier alpha value is -2.78. The average Bonchev–Trinajstić information content (AvgIpc) is 3.35. The SMILES string of the molecule is Nc1c(-c2ccccc2)cccc1C1N[C@@H]1Nc1ccccc1. The van der Waals surface area contributed by atoms with Crippen molar-refractivity contribution in [2.24, 2.45) is 0 Å². The molecule has 0 amide bonds. The lowest BCUT2D eigenvalue weighted by Gasteiger charge is -2.11. The molecule has 0 spiro atoms. The van der Waals surface area contributed by atoms with Crippen molar-refractivity contribution in [3.8, 4) is 11.1 Å². The molecular formula is C20H19N3. The van der Waals surface area contributed by atoms with Gasteiger partial charge in [-0.2, -0.15) is 0 Å². The first-order valence-corrected chi connectivity index (χ1v) is 7.84. The van der Waals surface area contributed by atoms with E-state index in [-0.39, 0.29) is 12.2 Å². The number of nitrogens with two attached hydrogens (primary N) is 1. The van der Waals surface area contributed by atoms with Gasteiger partial charge in [-0.05, 0) is 23.3 Å². The molecule has 3 nitrogen and oxygen atoms in total. The van der Waals surface area contributed by atoms with Crippen molar-refractivity contribution in [2.75, 3.05) is 11.1 Å². The fourth-order valence-corrected chi connectivity index (χ4v) is 2.97. The third-order valence-corrected chi connectivity index (χ3v) is 4.24. The Bertz CT molecular complexity index is 800. The summed E-state index contributed by atoms with van der Waals surface area (Å²) < 4.78 is 0. The topological polar surface area (TPSA) is 60.0 Å². The molecule has 114 valence electrons. The highest BCUT2D eigenvalue weighted by atomic mass is 15.3. The first-order chi connectivity index (χ1) is 11.3. The maximum Gasteiger partial charge on any atom is 0.0975 e. The molecule has 1 aliphatic heterocycles. The summed E-state index contributed by atoms with van der Waals surface area (Å²) in [5.74, 6) is 0. The van der Waals surface area contributed by atoms with Gasteiger partial charge in [-0.3, -0.25) is 5.32 Å². The van der Waals surface area contributed by atoms with Gasteiger partial charge >= 0.3 is 0 Å². The Morgan fingerprint density at radius 3 is 2.22 bits per heavy atom. The lowest BCUT2D eigenvalue weighted by molar-refractivity contribution is 1.05. The molecule has 2 atom stereocenters. The summed E-state index contributed by atoms with van der Waals surface area (Å²) in [6, 6.07) is 27.0. The molecule has 3 aromatic carbocycles. The summed E-state index contributed by atoms with van der Waals surface area (Å²) in [5, 5.41) is 6.95. The van der Waals surface area contributed by atoms with Gasteiger partial charge < -0.3 is 11.1 Å². The highest BCUT2D eigenvalue weighted by Crippen LogP contribution is 2.38. The summed E-state index contributed by atoms with van der Waals surface area (Å²) >= 11 is 0. The Labute approximate surface area is 136 Å². The zero-order valence-corrected chi connectivity index (χ0v) is 12.7. The minimum absolute atomic E-state index is 0.228. The normalized spacial score (nSPS) is 19.3. The summed E-state index contributed by atoms with van der Waals surface area (Å²) in [6.45, 7) is 0. The van der Waals surface area contributed by atoms with Crippen LogP contribution in [0.25, 0.3) is 11.1 Å². The van der Waals surface area contributed by atoms with Gasteiger partial charge in [0.25, 0.3) is 0 Å². The van der Waals surface area contributed by atoms with Crippen molar-refractivity contribution in [1.29, 1.82) is 0 Å². The molecule has 0 radical (unpaired) electrons. The van der Waals surface area contributed by atoms with E-state index in [1.54, 1.807) is 0 Å². The molecule has 4 N–H and O–H groups in total. The lowest BCUT2D eigenvalue weighted by Crippen LogP contribution is -2.07. The van der Waals surface area contributed by atoms with Crippen LogP contribution in [-0.4, -0.2) is 6.17 Å². The third-order valence-electron chi connectivity index (χ3n) is 4.24. The number of rotatable bonds is 4. The zero-order valence-electron chi connectivity index (χ0n) is 12.7. The van der Waals surface area contributed by atoms with E-state index in [4.69, 9.17) is 5.73 Å². The fourth-order valence-electron chi connectivity index (χ4n) is 2.97. The number of nitrogen functional groups attached to an aromatic ring is 1. The highest BCUT2D eigenvalue weighted by molar-refractivity contribution is 5.79. The lowest BCUT2D eigenvalue weighted by atomic mass is 9.98. The van der Waals surface area contributed by atoms with E-state index in [2.05, 4.69) is 53.1 Å². The van der Waals surface area contributed by atoms with Crippen LogP contribution >= 0.6 is 0 Å². The maximum atomic E-state index is 6.44. The first kappa shape index (κ1) is 13.9. The van der Waals surface area contributed by atoms with E-state index >= 15 is 0 Å². The molecule has 1 heterocycles. The van der Waals surface area contributed by atoms with Crippen LogP contribution in [0.3, 0.4) is 0 Å². The second kappa shape index (κ2) is 5.78. The van der Waals surface area contributed by atoms with Crippen molar-refractivity contribution in [3.05, 3.63) is 84.4 Å². The largest absolute Gasteiger partial charge is 0.398 e. The molecular weight excluding hydrogens is 282 g/mol. The standard InChI is InChI=1S/C20H19N3/c21-18-16(14-8-3-1-4-9-14)12-7-13-17(18)19-20(23-19)22-15-10-5-2-6-11-15/h1-13,19-20,22-23H,21H2/t19?,20-/m0/s1. The van der Waals surface area contributed by atoms with E-state index in [0.717, 1.165) is 28.1 Å². The van der Waals surface area contributed by atoms with Gasteiger partial charge in [0.05, 0.1) is 12.2 Å². The minimum Gasteiger partial charge on any atom is -0.398 e. The number of anilines is 2. The fraction of sp³-hybridized carbons (Fsp3) is 0.100. The van der Waals surface area contributed by atoms with Crippen molar-refractivity contribution in [1.82, 2.24) is 5.32 Å². The monoisotopic (exact) mass is 301 g/mol. The van der Waals surface area contributed by atoms with Crippen LogP contribution in [0.1, 0.15) is 11.6 Å². The van der Waals surface area contributed by atoms with E-state index in [9.17, 15) is 0 Å². The number of hydrogen-bond acceptors (Lipinski definition) is 3. The smallest absolute Gasteiger partial charge is 0.0975 e. The molecule has 0 saturated carbocycles. The van der Waals surface area contributed by atoms with Crippen LogP contribution < -0.4 is 16.4 Å². The van der Waals surface area contributed by atoms with Crippen LogP contribution in [0, 0.1) is 0 Å². The Balaban J connectivity index is 1.57. The van der Waals surface area contributed by atoms with Crippen molar-refractivity contribution >= 4 is 11.4 Å². The summed E-state index contributed by atoms with van der Waals surface area (Å²) in [4.78, 5) is 0. The molecule has 1 unspecified atom stereocenters. The Morgan fingerprint density at radius 1 is 0.783 bits per heavy atom. The van der Waals surface area contributed by atoms with Gasteiger partial charge in [0.1, 0.15) is 0 Å². The van der Waals surface area contributed by atoms with Gasteiger partial charge in [0.2, 0.25) is 0 Å². The second-order valence-electron chi connectivity index (χ2n) is 5.81. The third kappa shape index (κ3) is 2.79. The van der Waals surface area contributed by atoms with E-state index < -0.39 is 0 Å². The Kier molecular flexibility index (Phi) is 3.48. The summed E-state index contributed by atoms with van der Waals surface area (Å²) in [7, 11) is 0. The molecule has 1 saturated heterocycles. The van der Waals surface area contributed by atoms with Gasteiger partial charge in [-0.15, -0.1) is 0 Å². The molecule has 0 bridgehead atoms. The van der Waals surface area contributed by atoms with Crippen LogP contribution in [0.15, 0.2) is 78.9 Å². The van der Waals surface area contributed by atoms with Crippen molar-refractivity contribution in [3.63, 3.8) is 0 Å². The maximum absolute atomic E-state index is 6.44. The van der Waals surface area contributed by atoms with E-state index in [1.807, 2.05) is 36.4 Å².